The van der Waals surface area contributed by atoms with E-state index >= 15 is 0 Å². The molecule has 5 nitrogen and oxygen atoms in total. The van der Waals surface area contributed by atoms with Crippen molar-refractivity contribution in [3.8, 4) is 44.6 Å². The number of hydrogen-bond acceptors (Lipinski definition) is 5. The van der Waals surface area contributed by atoms with E-state index in [0.717, 1.165) is 99.8 Å². The first-order valence-corrected chi connectivity index (χ1v) is 16.2. The largest absolute Gasteiger partial charge is 0.456 e. The number of nitrogens with zero attached hydrogens (tertiary/aromatic N) is 3. The topological polar surface area (TPSA) is 65.0 Å². The van der Waals surface area contributed by atoms with E-state index in [1.54, 1.807) is 18.5 Å². The summed E-state index contributed by atoms with van der Waals surface area (Å²) >= 11 is 0. The van der Waals surface area contributed by atoms with Crippen LogP contribution in [-0.4, -0.2) is 15.0 Å². The van der Waals surface area contributed by atoms with Crippen molar-refractivity contribution in [2.24, 2.45) is 0 Å². The number of para-hydroxylation sites is 1. The fourth-order valence-electron chi connectivity index (χ4n) is 6.76. The van der Waals surface area contributed by atoms with Crippen LogP contribution < -0.4 is 0 Å². The fraction of sp³-hybridized carbons (Fsp3) is 0.0227. The average Bonchev–Trinajstić information content (AvgIpc) is 3.70. The van der Waals surface area contributed by atoms with E-state index in [4.69, 9.17) is 13.8 Å². The van der Waals surface area contributed by atoms with Gasteiger partial charge in [0.25, 0.3) is 0 Å². The van der Waals surface area contributed by atoms with Crippen molar-refractivity contribution in [2.75, 3.05) is 0 Å². The molecule has 9 rings (SSSR count). The van der Waals surface area contributed by atoms with Crippen molar-refractivity contribution in [3.05, 3.63) is 158 Å². The monoisotopic (exact) mass is 631 g/mol. The van der Waals surface area contributed by atoms with Gasteiger partial charge >= 0.3 is 0 Å². The van der Waals surface area contributed by atoms with Crippen LogP contribution >= 0.6 is 0 Å². The molecule has 0 bridgehead atoms. The molecule has 5 heterocycles. The van der Waals surface area contributed by atoms with Crippen molar-refractivity contribution in [1.29, 1.82) is 0 Å². The first kappa shape index (κ1) is 28.6. The van der Waals surface area contributed by atoms with Gasteiger partial charge in [-0.05, 0) is 89.9 Å². The van der Waals surface area contributed by atoms with E-state index in [2.05, 4.69) is 96.3 Å². The third kappa shape index (κ3) is 4.91. The molecule has 0 aliphatic rings. The third-order valence-corrected chi connectivity index (χ3v) is 9.18. The number of allylic oxidation sites excluding steroid dienone is 2. The lowest BCUT2D eigenvalue weighted by molar-refractivity contribution is 0.601. The molecule has 0 saturated heterocycles. The van der Waals surface area contributed by atoms with Crippen LogP contribution in [0.1, 0.15) is 11.3 Å². The van der Waals surface area contributed by atoms with Crippen LogP contribution in [0.4, 0.5) is 0 Å². The molecule has 0 spiro atoms. The van der Waals surface area contributed by atoms with Gasteiger partial charge in [0.1, 0.15) is 22.5 Å². The summed E-state index contributed by atoms with van der Waals surface area (Å²) in [6.07, 6.45) is 13.0. The minimum Gasteiger partial charge on any atom is -0.456 e. The standard InChI is InChI=1S/C44H29N3O2/c1-3-4-15-39-27(2)36-23-38-37(24-41(36)48-39)44-42(35-14-5-6-16-40(35)49-44)43(47-38)29-11-7-10-28(19-29)32-20-33(30-12-8-17-45-25-30)22-34(21-32)31-13-9-18-46-26-31/h3-26H,1H2,2H3/b15-4-. The lowest BCUT2D eigenvalue weighted by Crippen LogP contribution is -1.90. The average molecular weight is 632 g/mol. The molecule has 0 amide bonds. The molecule has 0 aliphatic carbocycles. The SMILES string of the molecule is C=C/C=C\c1oc2cc3c(cc2c1C)nc(-c1cccc(-c2cc(-c4cccnc4)cc(-c4cccnc4)c2)c1)c1c2ccccc2oc31. The quantitative estimate of drug-likeness (QED) is 0.171. The number of aromatic nitrogens is 3. The molecule has 232 valence electrons. The highest BCUT2D eigenvalue weighted by Crippen LogP contribution is 2.42. The predicted octanol–water partition coefficient (Wildman–Crippen LogP) is 11.8. The summed E-state index contributed by atoms with van der Waals surface area (Å²) in [5, 5.41) is 3.94. The van der Waals surface area contributed by atoms with Crippen LogP contribution in [0.3, 0.4) is 0 Å². The van der Waals surface area contributed by atoms with E-state index in [9.17, 15) is 0 Å². The van der Waals surface area contributed by atoms with Gasteiger partial charge in [-0.3, -0.25) is 9.97 Å². The zero-order valence-corrected chi connectivity index (χ0v) is 26.7. The minimum atomic E-state index is 0.795. The third-order valence-electron chi connectivity index (χ3n) is 9.18. The molecule has 49 heavy (non-hydrogen) atoms. The molecule has 9 aromatic rings. The Morgan fingerprint density at radius 2 is 1.27 bits per heavy atom. The smallest absolute Gasteiger partial charge is 0.147 e. The van der Waals surface area contributed by atoms with Crippen molar-refractivity contribution >= 4 is 49.9 Å². The van der Waals surface area contributed by atoms with Crippen LogP contribution in [0.15, 0.2) is 155 Å². The first-order valence-electron chi connectivity index (χ1n) is 16.2. The molecular formula is C44H29N3O2. The highest BCUT2D eigenvalue weighted by Gasteiger charge is 2.20. The van der Waals surface area contributed by atoms with Crippen molar-refractivity contribution in [2.45, 2.75) is 6.92 Å². The molecule has 0 atom stereocenters. The first-order chi connectivity index (χ1) is 24.1. The number of benzene rings is 4. The number of aryl methyl sites for hydroxylation is 1. The number of pyridine rings is 3. The Hall–Kier alpha value is -6.59. The zero-order valence-electron chi connectivity index (χ0n) is 26.7. The maximum Gasteiger partial charge on any atom is 0.147 e. The Labute approximate surface area is 282 Å². The Balaban J connectivity index is 1.28. The van der Waals surface area contributed by atoms with Crippen LogP contribution in [-0.2, 0) is 0 Å². The van der Waals surface area contributed by atoms with Gasteiger partial charge in [0.05, 0.1) is 16.6 Å². The summed E-state index contributed by atoms with van der Waals surface area (Å²) in [5.41, 5.74) is 12.6. The summed E-state index contributed by atoms with van der Waals surface area (Å²) in [6.45, 7) is 5.88. The maximum atomic E-state index is 6.60. The van der Waals surface area contributed by atoms with Crippen molar-refractivity contribution < 1.29 is 8.83 Å². The number of fused-ring (bicyclic) bond motifs is 6. The molecule has 5 aromatic heterocycles. The number of hydrogen-bond donors (Lipinski definition) is 0. The lowest BCUT2D eigenvalue weighted by atomic mass is 9.93. The van der Waals surface area contributed by atoms with E-state index < -0.39 is 0 Å². The highest BCUT2D eigenvalue weighted by molar-refractivity contribution is 6.20. The Kier molecular flexibility index (Phi) is 6.76. The molecule has 4 aromatic carbocycles. The van der Waals surface area contributed by atoms with Gasteiger partial charge in [0.2, 0.25) is 0 Å². The summed E-state index contributed by atoms with van der Waals surface area (Å²) in [6, 6.07) is 35.7. The normalized spacial score (nSPS) is 11.8. The highest BCUT2D eigenvalue weighted by atomic mass is 16.3. The van der Waals surface area contributed by atoms with Crippen LogP contribution in [0.5, 0.6) is 0 Å². The summed E-state index contributed by atoms with van der Waals surface area (Å²) in [7, 11) is 0. The number of furan rings is 2. The molecule has 0 N–H and O–H groups in total. The molecule has 0 saturated carbocycles. The molecule has 0 aliphatic heterocycles. The molecule has 0 radical (unpaired) electrons. The molecule has 0 fully saturated rings. The van der Waals surface area contributed by atoms with Gasteiger partial charge in [-0.15, -0.1) is 0 Å². The second-order valence-corrected chi connectivity index (χ2v) is 12.2. The zero-order chi connectivity index (χ0) is 32.9. The van der Waals surface area contributed by atoms with Gasteiger partial charge in [0, 0.05) is 63.2 Å². The van der Waals surface area contributed by atoms with E-state index in [1.807, 2.05) is 54.9 Å². The second kappa shape index (κ2) is 11.6. The van der Waals surface area contributed by atoms with Gasteiger partial charge < -0.3 is 8.83 Å². The Morgan fingerprint density at radius 3 is 1.98 bits per heavy atom. The molecule has 0 unspecified atom stereocenters. The van der Waals surface area contributed by atoms with E-state index in [-0.39, 0.29) is 0 Å². The van der Waals surface area contributed by atoms with Gasteiger partial charge in [-0.2, -0.15) is 0 Å². The molecule has 5 heteroatoms. The molecular weight excluding hydrogens is 603 g/mol. The van der Waals surface area contributed by atoms with Crippen LogP contribution in [0.25, 0.3) is 94.5 Å². The summed E-state index contributed by atoms with van der Waals surface area (Å²) in [5.74, 6) is 0.804. The predicted molar refractivity (Wildman–Crippen MR) is 200 cm³/mol. The van der Waals surface area contributed by atoms with Crippen molar-refractivity contribution in [3.63, 3.8) is 0 Å². The Bertz CT molecular complexity index is 2680. The van der Waals surface area contributed by atoms with Gasteiger partial charge in [-0.1, -0.05) is 67.3 Å². The lowest BCUT2D eigenvalue weighted by Gasteiger charge is -2.12. The van der Waals surface area contributed by atoms with Gasteiger partial charge in [-0.25, -0.2) is 4.98 Å². The van der Waals surface area contributed by atoms with Crippen molar-refractivity contribution in [1.82, 2.24) is 15.0 Å². The van der Waals surface area contributed by atoms with Gasteiger partial charge in [0.15, 0.2) is 0 Å². The van der Waals surface area contributed by atoms with E-state index in [0.29, 0.717) is 0 Å². The van der Waals surface area contributed by atoms with Crippen LogP contribution in [0, 0.1) is 6.92 Å². The van der Waals surface area contributed by atoms with E-state index in [1.165, 1.54) is 0 Å². The summed E-state index contributed by atoms with van der Waals surface area (Å²) in [4.78, 5) is 14.1. The number of rotatable bonds is 6. The summed E-state index contributed by atoms with van der Waals surface area (Å²) < 4.78 is 12.9. The second-order valence-electron chi connectivity index (χ2n) is 12.2. The fourth-order valence-corrected chi connectivity index (χ4v) is 6.76. The maximum absolute atomic E-state index is 6.60. The van der Waals surface area contributed by atoms with Crippen LogP contribution in [0.2, 0.25) is 0 Å². The Morgan fingerprint density at radius 1 is 0.592 bits per heavy atom. The minimum absolute atomic E-state index is 0.795.